The van der Waals surface area contributed by atoms with Crippen molar-refractivity contribution in [1.29, 1.82) is 5.26 Å². The Kier molecular flexibility index (Phi) is 4.36. The van der Waals surface area contributed by atoms with Crippen LogP contribution in [0.3, 0.4) is 0 Å². The molecule has 1 aliphatic rings. The summed E-state index contributed by atoms with van der Waals surface area (Å²) < 4.78 is 0. The van der Waals surface area contributed by atoms with Crippen molar-refractivity contribution in [2.45, 2.75) is 25.4 Å². The minimum atomic E-state index is -0.202. The number of hydrogen-bond acceptors (Lipinski definition) is 5. The third-order valence-corrected chi connectivity index (χ3v) is 4.70. The number of nitriles is 1. The smallest absolute Gasteiger partial charge is 0.225 e. The fourth-order valence-corrected chi connectivity index (χ4v) is 3.15. The molecule has 2 atom stereocenters. The number of hydrogen-bond donors (Lipinski definition) is 1. The van der Waals surface area contributed by atoms with Gasteiger partial charge in [0.15, 0.2) is 0 Å². The minimum Gasteiger partial charge on any atom is -0.363 e. The van der Waals surface area contributed by atoms with Crippen LogP contribution in [0.15, 0.2) is 30.7 Å². The molecule has 1 amide bonds. The number of rotatable bonds is 3. The van der Waals surface area contributed by atoms with E-state index in [0.717, 1.165) is 5.56 Å². The molecule has 122 valence electrons. The molecule has 1 saturated heterocycles. The van der Waals surface area contributed by atoms with E-state index in [4.69, 9.17) is 11.6 Å². The molecule has 3 rings (SSSR count). The van der Waals surface area contributed by atoms with Crippen molar-refractivity contribution >= 4 is 23.3 Å². The second-order valence-electron chi connectivity index (χ2n) is 5.76. The first-order valence-electron chi connectivity index (χ1n) is 7.50. The molecule has 0 aromatic carbocycles. The lowest BCUT2D eigenvalue weighted by Gasteiger charge is -2.26. The van der Waals surface area contributed by atoms with Gasteiger partial charge in [-0.2, -0.15) is 5.26 Å². The number of likely N-dealkylation sites (N-methyl/N-ethyl adjacent to an activating group) is 1. The highest BCUT2D eigenvalue weighted by Gasteiger charge is 2.39. The average molecular weight is 342 g/mol. The van der Waals surface area contributed by atoms with Crippen molar-refractivity contribution in [2.75, 3.05) is 12.4 Å². The molecule has 0 saturated carbocycles. The van der Waals surface area contributed by atoms with E-state index < -0.39 is 0 Å². The standard InChI is InChI=1S/C17H16ClN5O/c1-10-12(7-19)17(21-9-13(10)18)22-14-6-15(24)23(2)16(14)11-4-3-5-20-8-11/h3-5,8-9,14,16H,6H2,1-2H3,(H,21,22)/t14-,16+/m1/s1. The topological polar surface area (TPSA) is 81.9 Å². The van der Waals surface area contributed by atoms with Gasteiger partial charge in [0.2, 0.25) is 5.91 Å². The largest absolute Gasteiger partial charge is 0.363 e. The van der Waals surface area contributed by atoms with Crippen LogP contribution in [0, 0.1) is 18.3 Å². The van der Waals surface area contributed by atoms with E-state index in [9.17, 15) is 10.1 Å². The average Bonchev–Trinajstić information content (AvgIpc) is 2.86. The maximum Gasteiger partial charge on any atom is 0.225 e. The van der Waals surface area contributed by atoms with E-state index in [1.807, 2.05) is 12.1 Å². The van der Waals surface area contributed by atoms with Crippen LogP contribution in [0.1, 0.15) is 29.2 Å². The van der Waals surface area contributed by atoms with Gasteiger partial charge in [0.1, 0.15) is 11.9 Å². The van der Waals surface area contributed by atoms with Crippen LogP contribution in [-0.2, 0) is 4.79 Å². The zero-order valence-electron chi connectivity index (χ0n) is 13.3. The summed E-state index contributed by atoms with van der Waals surface area (Å²) in [6.07, 6.45) is 5.28. The van der Waals surface area contributed by atoms with Crippen LogP contribution >= 0.6 is 11.6 Å². The quantitative estimate of drug-likeness (QED) is 0.928. The number of halogens is 1. The highest BCUT2D eigenvalue weighted by molar-refractivity contribution is 6.31. The van der Waals surface area contributed by atoms with Gasteiger partial charge in [0, 0.05) is 32.1 Å². The molecule has 1 N–H and O–H groups in total. The lowest BCUT2D eigenvalue weighted by atomic mass is 10.0. The molecule has 1 aliphatic heterocycles. The van der Waals surface area contributed by atoms with E-state index in [1.165, 1.54) is 6.20 Å². The summed E-state index contributed by atoms with van der Waals surface area (Å²) in [7, 11) is 1.77. The first kappa shape index (κ1) is 16.2. The summed E-state index contributed by atoms with van der Waals surface area (Å²) >= 11 is 6.04. The second kappa shape index (κ2) is 6.46. The SMILES string of the molecule is Cc1c(Cl)cnc(N[C@@H]2CC(=O)N(C)[C@H]2c2cccnc2)c1C#N. The summed E-state index contributed by atoms with van der Waals surface area (Å²) in [5.74, 6) is 0.479. The molecule has 7 heteroatoms. The second-order valence-corrected chi connectivity index (χ2v) is 6.16. The van der Waals surface area contributed by atoms with Gasteiger partial charge in [0.05, 0.1) is 22.7 Å². The molecule has 0 spiro atoms. The number of nitrogens with one attached hydrogen (secondary N) is 1. The lowest BCUT2D eigenvalue weighted by Crippen LogP contribution is -2.30. The number of likely N-dealkylation sites (tertiary alicyclic amines) is 1. The third kappa shape index (κ3) is 2.79. The van der Waals surface area contributed by atoms with Crippen LogP contribution in [0.5, 0.6) is 0 Å². The number of nitrogens with zero attached hydrogens (tertiary/aromatic N) is 4. The van der Waals surface area contributed by atoms with Crippen LogP contribution in [0.25, 0.3) is 0 Å². The molecule has 2 aromatic rings. The Morgan fingerprint density at radius 1 is 1.46 bits per heavy atom. The number of carbonyl (C=O) groups excluding carboxylic acids is 1. The predicted molar refractivity (Wildman–Crippen MR) is 90.5 cm³/mol. The molecule has 0 unspecified atom stereocenters. The van der Waals surface area contributed by atoms with E-state index in [0.29, 0.717) is 28.4 Å². The van der Waals surface area contributed by atoms with Crippen molar-refractivity contribution < 1.29 is 4.79 Å². The van der Waals surface area contributed by atoms with Crippen molar-refractivity contribution in [2.24, 2.45) is 0 Å². The van der Waals surface area contributed by atoms with Gasteiger partial charge in [-0.1, -0.05) is 17.7 Å². The zero-order valence-corrected chi connectivity index (χ0v) is 14.1. The van der Waals surface area contributed by atoms with E-state index in [1.54, 1.807) is 31.3 Å². The molecule has 2 aromatic heterocycles. The van der Waals surface area contributed by atoms with E-state index in [2.05, 4.69) is 21.4 Å². The molecule has 6 nitrogen and oxygen atoms in total. The monoisotopic (exact) mass is 341 g/mol. The van der Waals surface area contributed by atoms with Crippen molar-refractivity contribution in [1.82, 2.24) is 14.9 Å². The Labute approximate surface area is 145 Å². The Balaban J connectivity index is 1.96. The fraction of sp³-hybridized carbons (Fsp3) is 0.294. The highest BCUT2D eigenvalue weighted by Crippen LogP contribution is 2.34. The molecular formula is C17H16ClN5O. The molecule has 0 bridgehead atoms. The molecule has 1 fully saturated rings. The first-order valence-corrected chi connectivity index (χ1v) is 7.88. The molecule has 0 aliphatic carbocycles. The van der Waals surface area contributed by atoms with E-state index in [-0.39, 0.29) is 18.0 Å². The summed E-state index contributed by atoms with van der Waals surface area (Å²) in [6, 6.07) is 5.54. The Morgan fingerprint density at radius 2 is 2.25 bits per heavy atom. The van der Waals surface area contributed by atoms with Gasteiger partial charge in [-0.25, -0.2) is 4.98 Å². The van der Waals surface area contributed by atoms with Crippen LogP contribution in [-0.4, -0.2) is 33.9 Å². The van der Waals surface area contributed by atoms with Gasteiger partial charge >= 0.3 is 0 Å². The maximum atomic E-state index is 12.2. The molecule has 0 radical (unpaired) electrons. The van der Waals surface area contributed by atoms with Gasteiger partial charge in [-0.3, -0.25) is 9.78 Å². The van der Waals surface area contributed by atoms with Crippen LogP contribution in [0.4, 0.5) is 5.82 Å². The first-order chi connectivity index (χ1) is 11.5. The van der Waals surface area contributed by atoms with Gasteiger partial charge < -0.3 is 10.2 Å². The summed E-state index contributed by atoms with van der Waals surface area (Å²) in [4.78, 5) is 22.3. The summed E-state index contributed by atoms with van der Waals surface area (Å²) in [6.45, 7) is 1.78. The predicted octanol–water partition coefficient (Wildman–Crippen LogP) is 2.69. The van der Waals surface area contributed by atoms with Crippen molar-refractivity contribution in [3.05, 3.63) is 52.4 Å². The molecule has 3 heterocycles. The van der Waals surface area contributed by atoms with Gasteiger partial charge in [-0.05, 0) is 24.1 Å². The molecule has 24 heavy (non-hydrogen) atoms. The number of pyridine rings is 2. The zero-order chi connectivity index (χ0) is 17.3. The maximum absolute atomic E-state index is 12.2. The Hall–Kier alpha value is -2.65. The molecular weight excluding hydrogens is 326 g/mol. The number of amides is 1. The van der Waals surface area contributed by atoms with Crippen molar-refractivity contribution in [3.63, 3.8) is 0 Å². The highest BCUT2D eigenvalue weighted by atomic mass is 35.5. The Morgan fingerprint density at radius 3 is 2.92 bits per heavy atom. The Bertz CT molecular complexity index is 818. The van der Waals surface area contributed by atoms with Crippen LogP contribution in [0.2, 0.25) is 5.02 Å². The number of anilines is 1. The van der Waals surface area contributed by atoms with Crippen LogP contribution < -0.4 is 5.32 Å². The minimum absolute atomic E-state index is 0.0329. The summed E-state index contributed by atoms with van der Waals surface area (Å²) in [5, 5.41) is 13.1. The van der Waals surface area contributed by atoms with Crippen molar-refractivity contribution in [3.8, 4) is 6.07 Å². The number of aromatic nitrogens is 2. The third-order valence-electron chi connectivity index (χ3n) is 4.32. The lowest BCUT2D eigenvalue weighted by molar-refractivity contribution is -0.127. The van der Waals surface area contributed by atoms with Gasteiger partial charge in [0.25, 0.3) is 0 Å². The van der Waals surface area contributed by atoms with Gasteiger partial charge in [-0.15, -0.1) is 0 Å². The normalized spacial score (nSPS) is 20.1. The fourth-order valence-electron chi connectivity index (χ4n) is 3.01. The number of carbonyl (C=O) groups is 1. The summed E-state index contributed by atoms with van der Waals surface area (Å²) in [5.41, 5.74) is 2.01. The van der Waals surface area contributed by atoms with E-state index >= 15 is 0 Å².